The molecule has 1 N–H and O–H groups in total. The number of aliphatic hydroxyl groups is 1. The summed E-state index contributed by atoms with van der Waals surface area (Å²) in [7, 11) is 0. The van der Waals surface area contributed by atoms with E-state index in [-0.39, 0.29) is 29.9 Å². The van der Waals surface area contributed by atoms with Gasteiger partial charge >= 0.3 is 0 Å². The maximum absolute atomic E-state index is 13.7. The molecule has 1 atom stereocenters. The van der Waals surface area contributed by atoms with Gasteiger partial charge in [0.25, 0.3) is 0 Å². The van der Waals surface area contributed by atoms with Gasteiger partial charge in [-0.05, 0) is 48.1 Å². The Morgan fingerprint density at radius 3 is 2.36 bits per heavy atom. The van der Waals surface area contributed by atoms with Gasteiger partial charge in [-0.15, -0.1) is 0 Å². The first-order chi connectivity index (χ1) is 12.0. The van der Waals surface area contributed by atoms with Crippen LogP contribution < -0.4 is 0 Å². The summed E-state index contributed by atoms with van der Waals surface area (Å²) in [4.78, 5) is 14.1. The second-order valence-corrected chi connectivity index (χ2v) is 6.48. The van der Waals surface area contributed by atoms with Crippen LogP contribution in [-0.2, 0) is 11.2 Å². The third-order valence-electron chi connectivity index (χ3n) is 4.85. The normalized spacial score (nSPS) is 16.7. The average Bonchev–Trinajstić information content (AvgIpc) is 2.64. The fourth-order valence-corrected chi connectivity index (χ4v) is 3.31. The maximum atomic E-state index is 13.7. The molecule has 0 aliphatic carbocycles. The Hall–Kier alpha value is -2.27. The molecule has 0 radical (unpaired) electrons. The minimum atomic E-state index is -0.663. The maximum Gasteiger partial charge on any atom is 0.227 e. The highest BCUT2D eigenvalue weighted by molar-refractivity contribution is 5.78. The number of likely N-dealkylation sites (tertiary alicyclic amines) is 1. The molecular formula is C20H21F2NO2. The number of amides is 1. The lowest BCUT2D eigenvalue weighted by molar-refractivity contribution is -0.132. The predicted molar refractivity (Wildman–Crippen MR) is 90.8 cm³/mol. The van der Waals surface area contributed by atoms with Gasteiger partial charge in [0, 0.05) is 13.1 Å². The molecule has 3 rings (SSSR count). The SMILES string of the molecule is O=C(Cc1ccccc1F)N1CCC(C(O)c2ccc(F)cc2)CC1. The van der Waals surface area contributed by atoms with Crippen molar-refractivity contribution >= 4 is 5.91 Å². The summed E-state index contributed by atoms with van der Waals surface area (Å²) >= 11 is 0. The lowest BCUT2D eigenvalue weighted by atomic mass is 9.87. The van der Waals surface area contributed by atoms with Crippen LogP contribution in [0.1, 0.15) is 30.1 Å². The molecule has 1 fully saturated rings. The van der Waals surface area contributed by atoms with Gasteiger partial charge < -0.3 is 10.0 Å². The monoisotopic (exact) mass is 345 g/mol. The van der Waals surface area contributed by atoms with Crippen LogP contribution in [0.4, 0.5) is 8.78 Å². The van der Waals surface area contributed by atoms with Crippen molar-refractivity contribution in [2.75, 3.05) is 13.1 Å². The van der Waals surface area contributed by atoms with Crippen LogP contribution in [-0.4, -0.2) is 29.0 Å². The van der Waals surface area contributed by atoms with E-state index in [1.165, 1.54) is 18.2 Å². The third-order valence-corrected chi connectivity index (χ3v) is 4.85. The molecule has 0 saturated carbocycles. The number of piperidine rings is 1. The number of hydrogen-bond donors (Lipinski definition) is 1. The van der Waals surface area contributed by atoms with Gasteiger partial charge in [0.05, 0.1) is 12.5 Å². The van der Waals surface area contributed by atoms with Crippen molar-refractivity contribution in [2.24, 2.45) is 5.92 Å². The molecular weight excluding hydrogens is 324 g/mol. The van der Waals surface area contributed by atoms with Gasteiger partial charge in [0.1, 0.15) is 11.6 Å². The van der Waals surface area contributed by atoms with Crippen molar-refractivity contribution in [2.45, 2.75) is 25.4 Å². The molecule has 25 heavy (non-hydrogen) atoms. The number of hydrogen-bond acceptors (Lipinski definition) is 2. The number of aliphatic hydroxyl groups excluding tert-OH is 1. The van der Waals surface area contributed by atoms with Crippen molar-refractivity contribution < 1.29 is 18.7 Å². The van der Waals surface area contributed by atoms with E-state index in [1.54, 1.807) is 35.2 Å². The number of nitrogens with zero attached hydrogens (tertiary/aromatic N) is 1. The topological polar surface area (TPSA) is 40.5 Å². The van der Waals surface area contributed by atoms with Gasteiger partial charge in [-0.2, -0.15) is 0 Å². The fourth-order valence-electron chi connectivity index (χ4n) is 3.31. The molecule has 0 aromatic heterocycles. The molecule has 1 heterocycles. The largest absolute Gasteiger partial charge is 0.388 e. The van der Waals surface area contributed by atoms with Crippen molar-refractivity contribution in [3.63, 3.8) is 0 Å². The Kier molecular flexibility index (Phi) is 5.43. The van der Waals surface area contributed by atoms with E-state index < -0.39 is 6.10 Å². The van der Waals surface area contributed by atoms with Crippen molar-refractivity contribution in [3.05, 3.63) is 71.3 Å². The van der Waals surface area contributed by atoms with E-state index in [0.29, 0.717) is 37.1 Å². The van der Waals surface area contributed by atoms with E-state index in [1.807, 2.05) is 0 Å². The Balaban J connectivity index is 1.55. The van der Waals surface area contributed by atoms with Gasteiger partial charge in [-0.25, -0.2) is 8.78 Å². The molecule has 2 aromatic carbocycles. The first-order valence-electron chi connectivity index (χ1n) is 8.49. The number of halogens is 2. The summed E-state index contributed by atoms with van der Waals surface area (Å²) in [5.41, 5.74) is 1.10. The molecule has 0 spiro atoms. The fraction of sp³-hybridized carbons (Fsp3) is 0.350. The van der Waals surface area contributed by atoms with Gasteiger partial charge in [-0.3, -0.25) is 4.79 Å². The first-order valence-corrected chi connectivity index (χ1v) is 8.49. The predicted octanol–water partition coefficient (Wildman–Crippen LogP) is 3.48. The Labute approximate surface area is 145 Å². The van der Waals surface area contributed by atoms with Crippen LogP contribution in [0.5, 0.6) is 0 Å². The summed E-state index contributed by atoms with van der Waals surface area (Å²) < 4.78 is 26.7. The Bertz CT molecular complexity index is 725. The number of benzene rings is 2. The van der Waals surface area contributed by atoms with Crippen LogP contribution in [0, 0.1) is 17.6 Å². The molecule has 132 valence electrons. The number of carbonyl (C=O) groups is 1. The summed E-state index contributed by atoms with van der Waals surface area (Å²) in [6, 6.07) is 12.2. The van der Waals surface area contributed by atoms with Gasteiger partial charge in [0.15, 0.2) is 0 Å². The molecule has 1 saturated heterocycles. The zero-order valence-electron chi connectivity index (χ0n) is 13.9. The quantitative estimate of drug-likeness (QED) is 0.922. The Morgan fingerprint density at radius 1 is 1.08 bits per heavy atom. The number of rotatable bonds is 4. The molecule has 1 unspecified atom stereocenters. The lowest BCUT2D eigenvalue weighted by Gasteiger charge is -2.34. The highest BCUT2D eigenvalue weighted by atomic mass is 19.1. The second-order valence-electron chi connectivity index (χ2n) is 6.48. The van der Waals surface area contributed by atoms with E-state index in [2.05, 4.69) is 0 Å². The average molecular weight is 345 g/mol. The minimum Gasteiger partial charge on any atom is -0.388 e. The Morgan fingerprint density at radius 2 is 1.72 bits per heavy atom. The molecule has 1 amide bonds. The van der Waals surface area contributed by atoms with E-state index in [9.17, 15) is 18.7 Å². The minimum absolute atomic E-state index is 0.0305. The van der Waals surface area contributed by atoms with Crippen molar-refractivity contribution in [1.82, 2.24) is 4.90 Å². The standard InChI is InChI=1S/C20H21F2NO2/c21-17-7-5-14(6-8-17)20(25)15-9-11-23(12-10-15)19(24)13-16-3-1-2-4-18(16)22/h1-8,15,20,25H,9-13H2. The van der Waals surface area contributed by atoms with Crippen LogP contribution in [0.2, 0.25) is 0 Å². The van der Waals surface area contributed by atoms with Crippen LogP contribution >= 0.6 is 0 Å². The van der Waals surface area contributed by atoms with E-state index in [4.69, 9.17) is 0 Å². The molecule has 5 heteroatoms. The molecule has 1 aliphatic rings. The zero-order valence-corrected chi connectivity index (χ0v) is 13.9. The smallest absolute Gasteiger partial charge is 0.227 e. The van der Waals surface area contributed by atoms with Crippen molar-refractivity contribution in [1.29, 1.82) is 0 Å². The molecule has 1 aliphatic heterocycles. The van der Waals surface area contributed by atoms with Crippen LogP contribution in [0.25, 0.3) is 0 Å². The summed E-state index contributed by atoms with van der Waals surface area (Å²) in [5, 5.41) is 10.5. The second kappa shape index (κ2) is 7.74. The molecule has 3 nitrogen and oxygen atoms in total. The van der Waals surface area contributed by atoms with E-state index >= 15 is 0 Å². The summed E-state index contributed by atoms with van der Waals surface area (Å²) in [5.74, 6) is -0.759. The highest BCUT2D eigenvalue weighted by Gasteiger charge is 2.28. The van der Waals surface area contributed by atoms with Gasteiger partial charge in [0.2, 0.25) is 5.91 Å². The third kappa shape index (κ3) is 4.23. The molecule has 2 aromatic rings. The summed E-state index contributed by atoms with van der Waals surface area (Å²) in [6.07, 6.45) is 0.727. The lowest BCUT2D eigenvalue weighted by Crippen LogP contribution is -2.40. The zero-order chi connectivity index (χ0) is 17.8. The van der Waals surface area contributed by atoms with Gasteiger partial charge in [-0.1, -0.05) is 30.3 Å². The summed E-state index contributed by atoms with van der Waals surface area (Å²) in [6.45, 7) is 1.08. The van der Waals surface area contributed by atoms with Crippen LogP contribution in [0.3, 0.4) is 0 Å². The molecule has 0 bridgehead atoms. The van der Waals surface area contributed by atoms with E-state index in [0.717, 1.165) is 0 Å². The van der Waals surface area contributed by atoms with Crippen molar-refractivity contribution in [3.8, 4) is 0 Å². The van der Waals surface area contributed by atoms with Crippen LogP contribution in [0.15, 0.2) is 48.5 Å². The first kappa shape index (κ1) is 17.5. The highest BCUT2D eigenvalue weighted by Crippen LogP contribution is 2.31. The number of carbonyl (C=O) groups excluding carboxylic acids is 1.